The van der Waals surface area contributed by atoms with Crippen molar-refractivity contribution in [3.05, 3.63) is 182 Å². The molecule has 0 spiro atoms. The molecule has 0 unspecified atom stereocenters. The van der Waals surface area contributed by atoms with Crippen molar-refractivity contribution in [1.82, 2.24) is 4.57 Å². The van der Waals surface area contributed by atoms with Gasteiger partial charge in [-0.05, 0) is 81.5 Å². The highest BCUT2D eigenvalue weighted by Gasteiger charge is 2.26. The predicted molar refractivity (Wildman–Crippen MR) is 215 cm³/mol. The van der Waals surface area contributed by atoms with Crippen LogP contribution in [0.15, 0.2) is 186 Å². The Morgan fingerprint density at radius 3 is 1.84 bits per heavy atom. The van der Waals surface area contributed by atoms with Gasteiger partial charge in [-0.1, -0.05) is 127 Å². The molecule has 0 radical (unpaired) electrons. The van der Waals surface area contributed by atoms with Gasteiger partial charge in [-0.2, -0.15) is 0 Å². The van der Waals surface area contributed by atoms with E-state index in [2.05, 4.69) is 185 Å². The van der Waals surface area contributed by atoms with Crippen molar-refractivity contribution in [1.29, 1.82) is 0 Å². The number of aromatic nitrogens is 1. The Balaban J connectivity index is 1.37. The lowest BCUT2D eigenvalue weighted by molar-refractivity contribution is 0.669. The normalized spacial score (nSPS) is 11.9. The van der Waals surface area contributed by atoms with Crippen molar-refractivity contribution in [2.24, 2.45) is 0 Å². The molecule has 238 valence electrons. The number of hydrogen-bond acceptors (Lipinski definition) is 2. The van der Waals surface area contributed by atoms with E-state index in [9.17, 15) is 0 Å². The summed E-state index contributed by atoms with van der Waals surface area (Å²) < 4.78 is 8.93. The Labute approximate surface area is 293 Å². The lowest BCUT2D eigenvalue weighted by Crippen LogP contribution is -2.12. The molecule has 0 N–H and O–H groups in total. The minimum absolute atomic E-state index is 0.868. The Morgan fingerprint density at radius 1 is 0.353 bits per heavy atom. The van der Waals surface area contributed by atoms with Crippen molar-refractivity contribution in [2.75, 3.05) is 4.90 Å². The molecule has 0 fully saturated rings. The second-order valence-electron chi connectivity index (χ2n) is 13.3. The van der Waals surface area contributed by atoms with Gasteiger partial charge in [-0.15, -0.1) is 0 Å². The van der Waals surface area contributed by atoms with Crippen molar-refractivity contribution in [3.63, 3.8) is 0 Å². The maximum absolute atomic E-state index is 6.53. The fourth-order valence-electron chi connectivity index (χ4n) is 8.41. The number of fused-ring (bicyclic) bond motifs is 11. The summed E-state index contributed by atoms with van der Waals surface area (Å²) in [6.45, 7) is 0. The molecule has 11 rings (SSSR count). The van der Waals surface area contributed by atoms with Gasteiger partial charge in [0.2, 0.25) is 0 Å². The van der Waals surface area contributed by atoms with Gasteiger partial charge in [-0.3, -0.25) is 0 Å². The van der Waals surface area contributed by atoms with Crippen LogP contribution in [-0.4, -0.2) is 4.57 Å². The van der Waals surface area contributed by atoms with Gasteiger partial charge < -0.3 is 13.9 Å². The maximum atomic E-state index is 6.53. The number of anilines is 3. The van der Waals surface area contributed by atoms with Crippen LogP contribution in [0, 0.1) is 0 Å². The number of nitrogens with zero attached hydrogens (tertiary/aromatic N) is 2. The van der Waals surface area contributed by atoms with Crippen molar-refractivity contribution >= 4 is 93.1 Å². The number of hydrogen-bond donors (Lipinski definition) is 0. The molecule has 9 aromatic carbocycles. The zero-order valence-corrected chi connectivity index (χ0v) is 27.6. The monoisotopic (exact) mass is 650 g/mol. The van der Waals surface area contributed by atoms with Gasteiger partial charge in [0.25, 0.3) is 0 Å². The summed E-state index contributed by atoms with van der Waals surface area (Å²) >= 11 is 0. The van der Waals surface area contributed by atoms with Crippen LogP contribution in [-0.2, 0) is 0 Å². The lowest BCUT2D eigenvalue weighted by Gasteiger charge is -2.29. The van der Waals surface area contributed by atoms with Crippen LogP contribution in [0.4, 0.5) is 17.1 Å². The van der Waals surface area contributed by atoms with E-state index in [1.54, 1.807) is 0 Å². The van der Waals surface area contributed by atoms with E-state index in [4.69, 9.17) is 4.42 Å². The number of rotatable bonds is 4. The summed E-state index contributed by atoms with van der Waals surface area (Å²) in [6.07, 6.45) is 0. The molecule has 0 aliphatic heterocycles. The third kappa shape index (κ3) is 4.06. The Hall–Kier alpha value is -6.84. The summed E-state index contributed by atoms with van der Waals surface area (Å²) in [5.41, 5.74) is 8.53. The third-order valence-corrected chi connectivity index (χ3v) is 10.5. The van der Waals surface area contributed by atoms with Gasteiger partial charge in [0.1, 0.15) is 11.2 Å². The Morgan fingerprint density at radius 2 is 0.980 bits per heavy atom. The van der Waals surface area contributed by atoms with E-state index in [0.29, 0.717) is 0 Å². The summed E-state index contributed by atoms with van der Waals surface area (Å²) in [5, 5.41) is 11.9. The first-order valence-electron chi connectivity index (χ1n) is 17.4. The van der Waals surface area contributed by atoms with Crippen molar-refractivity contribution in [3.8, 4) is 5.69 Å². The van der Waals surface area contributed by atoms with Crippen LogP contribution in [0.2, 0.25) is 0 Å². The van der Waals surface area contributed by atoms with Gasteiger partial charge in [0, 0.05) is 27.2 Å². The maximum Gasteiger partial charge on any atom is 0.137 e. The third-order valence-electron chi connectivity index (χ3n) is 10.5. The molecule has 3 heteroatoms. The molecule has 0 atom stereocenters. The topological polar surface area (TPSA) is 21.3 Å². The highest BCUT2D eigenvalue weighted by molar-refractivity contribution is 6.26. The zero-order valence-electron chi connectivity index (χ0n) is 27.6. The summed E-state index contributed by atoms with van der Waals surface area (Å²) in [6, 6.07) is 65.6. The molecule has 51 heavy (non-hydrogen) atoms. The predicted octanol–water partition coefficient (Wildman–Crippen LogP) is 13.6. The number of benzene rings is 9. The van der Waals surface area contributed by atoms with Crippen LogP contribution >= 0.6 is 0 Å². The highest BCUT2D eigenvalue weighted by atomic mass is 16.3. The van der Waals surface area contributed by atoms with Crippen LogP contribution in [0.3, 0.4) is 0 Å². The minimum atomic E-state index is 0.868. The van der Waals surface area contributed by atoms with E-state index in [1.807, 2.05) is 6.07 Å². The second-order valence-corrected chi connectivity index (χ2v) is 13.3. The average molecular weight is 651 g/mol. The van der Waals surface area contributed by atoms with Gasteiger partial charge in [0.05, 0.1) is 33.5 Å². The molecular weight excluding hydrogens is 621 g/mol. The summed E-state index contributed by atoms with van der Waals surface area (Å²) in [5.74, 6) is 0. The standard InChI is InChI=1S/C48H30N2O/c1-2-16-33(17-3-1)49-39-22-10-8-20-37(39)47-40(49)23-12-24-41(47)50(42-25-13-27-45-48(42)38-21-9-11-26-44(38)51-45)43-30-32-15-5-6-18-34(32)36-29-28-31-14-4-7-19-35(31)46(36)43/h1-30H. The van der Waals surface area contributed by atoms with Crippen molar-refractivity contribution < 1.29 is 4.42 Å². The summed E-state index contributed by atoms with van der Waals surface area (Å²) in [7, 11) is 0. The van der Waals surface area contributed by atoms with Crippen molar-refractivity contribution in [2.45, 2.75) is 0 Å². The first kappa shape index (κ1) is 28.0. The zero-order chi connectivity index (χ0) is 33.5. The first-order chi connectivity index (χ1) is 25.3. The number of para-hydroxylation sites is 3. The molecule has 3 nitrogen and oxygen atoms in total. The molecule has 0 aliphatic rings. The Bertz CT molecular complexity index is 3150. The highest BCUT2D eigenvalue weighted by Crippen LogP contribution is 2.50. The molecule has 0 amide bonds. The van der Waals surface area contributed by atoms with Gasteiger partial charge in [-0.25, -0.2) is 0 Å². The molecular formula is C48H30N2O. The van der Waals surface area contributed by atoms with Crippen LogP contribution in [0.25, 0.3) is 81.7 Å². The largest absolute Gasteiger partial charge is 0.456 e. The van der Waals surface area contributed by atoms with E-state index < -0.39 is 0 Å². The lowest BCUT2D eigenvalue weighted by atomic mass is 9.94. The minimum Gasteiger partial charge on any atom is -0.456 e. The fourth-order valence-corrected chi connectivity index (χ4v) is 8.41. The van der Waals surface area contributed by atoms with E-state index in [0.717, 1.165) is 50.2 Å². The van der Waals surface area contributed by atoms with Crippen LogP contribution < -0.4 is 4.90 Å². The molecule has 0 saturated heterocycles. The molecule has 0 bridgehead atoms. The van der Waals surface area contributed by atoms with Gasteiger partial charge >= 0.3 is 0 Å². The summed E-state index contributed by atoms with van der Waals surface area (Å²) in [4.78, 5) is 2.51. The van der Waals surface area contributed by atoms with E-state index in [1.165, 1.54) is 48.6 Å². The Kier molecular flexibility index (Phi) is 5.96. The molecule has 2 heterocycles. The average Bonchev–Trinajstić information content (AvgIpc) is 3.75. The molecule has 0 saturated carbocycles. The second kappa shape index (κ2) is 10.8. The quantitative estimate of drug-likeness (QED) is 0.177. The number of furan rings is 1. The molecule has 11 aromatic rings. The van der Waals surface area contributed by atoms with E-state index >= 15 is 0 Å². The molecule has 2 aromatic heterocycles. The SMILES string of the molecule is c1ccc(-n2c3ccccc3c3c(N(c4cccc5oc6ccccc6c45)c4cc5ccccc5c5ccc6ccccc6c45)cccc32)cc1. The van der Waals surface area contributed by atoms with E-state index in [-0.39, 0.29) is 0 Å². The molecule has 0 aliphatic carbocycles. The first-order valence-corrected chi connectivity index (χ1v) is 17.4. The van der Waals surface area contributed by atoms with Crippen LogP contribution in [0.5, 0.6) is 0 Å². The van der Waals surface area contributed by atoms with Gasteiger partial charge in [0.15, 0.2) is 0 Å². The fraction of sp³-hybridized carbons (Fsp3) is 0. The smallest absolute Gasteiger partial charge is 0.137 e. The van der Waals surface area contributed by atoms with Crippen LogP contribution in [0.1, 0.15) is 0 Å².